The largest absolute Gasteiger partial charge is 0.539 e. The summed E-state index contributed by atoms with van der Waals surface area (Å²) in [5, 5.41) is 19.9. The molecular weight excluding hydrogens is 328 g/mol. The van der Waals surface area contributed by atoms with Gasteiger partial charge >= 0.3 is 0 Å². The van der Waals surface area contributed by atoms with Crippen molar-refractivity contribution in [2.45, 2.75) is 12.5 Å². The van der Waals surface area contributed by atoms with Gasteiger partial charge in [-0.15, -0.1) is 0 Å². The van der Waals surface area contributed by atoms with E-state index in [0.717, 1.165) is 34.0 Å². The minimum Gasteiger partial charge on any atom is -0.539 e. The van der Waals surface area contributed by atoms with Crippen molar-refractivity contribution in [2.75, 3.05) is 0 Å². The molecule has 1 N–H and O–H groups in total. The predicted molar refractivity (Wildman–Crippen MR) is 86.0 cm³/mol. The lowest BCUT2D eigenvalue weighted by molar-refractivity contribution is -0.670. The molecule has 0 radical (unpaired) electrons. The highest BCUT2D eigenvalue weighted by atomic mass is 35.5. The third-order valence-corrected chi connectivity index (χ3v) is 4.19. The van der Waals surface area contributed by atoms with Crippen LogP contribution in [0.15, 0.2) is 64.4 Å². The molecule has 0 fully saturated rings. The molecule has 0 saturated carbocycles. The summed E-state index contributed by atoms with van der Waals surface area (Å²) in [5.41, 5.74) is 7.07. The van der Waals surface area contributed by atoms with Crippen LogP contribution in [0.25, 0.3) is 5.69 Å². The van der Waals surface area contributed by atoms with E-state index in [9.17, 15) is 5.11 Å². The normalized spacial score (nSPS) is 16.7. The molecular formula is C17H13ClN4O2. The Kier molecular flexibility index (Phi) is 3.66. The van der Waals surface area contributed by atoms with Gasteiger partial charge in [-0.25, -0.2) is 0 Å². The molecule has 1 atom stereocenters. The lowest BCUT2D eigenvalue weighted by Gasteiger charge is -2.09. The molecule has 0 aliphatic carbocycles. The van der Waals surface area contributed by atoms with E-state index in [4.69, 9.17) is 11.6 Å². The van der Waals surface area contributed by atoms with Gasteiger partial charge in [0.25, 0.3) is 0 Å². The molecule has 1 aliphatic rings. The van der Waals surface area contributed by atoms with Crippen LogP contribution >= 0.6 is 11.6 Å². The van der Waals surface area contributed by atoms with Crippen LogP contribution in [0.2, 0.25) is 5.02 Å². The number of halogens is 1. The van der Waals surface area contributed by atoms with Crippen LogP contribution in [-0.4, -0.2) is 11.0 Å². The van der Waals surface area contributed by atoms with Crippen LogP contribution in [0, 0.1) is 0 Å². The van der Waals surface area contributed by atoms with Crippen molar-refractivity contribution in [1.29, 1.82) is 0 Å². The van der Waals surface area contributed by atoms with Crippen molar-refractivity contribution in [3.63, 3.8) is 0 Å². The predicted octanol–water partition coefficient (Wildman–Crippen LogP) is 2.12. The van der Waals surface area contributed by atoms with Gasteiger partial charge in [-0.05, 0) is 40.1 Å². The Bertz CT molecular complexity index is 888. The van der Waals surface area contributed by atoms with Gasteiger partial charge < -0.3 is 15.1 Å². The Balaban J connectivity index is 1.49. The van der Waals surface area contributed by atoms with Gasteiger partial charge in [0, 0.05) is 23.6 Å². The quantitative estimate of drug-likeness (QED) is 0.741. The molecule has 0 saturated heterocycles. The molecule has 1 unspecified atom stereocenters. The van der Waals surface area contributed by atoms with Crippen molar-refractivity contribution in [3.05, 3.63) is 70.9 Å². The number of benzene rings is 2. The number of nitrogens with zero attached hydrogens (tertiary/aromatic N) is 3. The third kappa shape index (κ3) is 2.83. The van der Waals surface area contributed by atoms with Gasteiger partial charge in [-0.1, -0.05) is 23.7 Å². The lowest BCUT2D eigenvalue weighted by Crippen LogP contribution is -2.31. The van der Waals surface area contributed by atoms with E-state index >= 15 is 0 Å². The summed E-state index contributed by atoms with van der Waals surface area (Å²) in [6.07, 6.45) is 2.09. The third-order valence-electron chi connectivity index (χ3n) is 3.94. The van der Waals surface area contributed by atoms with Crippen LogP contribution in [0.1, 0.15) is 23.6 Å². The average molecular weight is 341 g/mol. The van der Waals surface area contributed by atoms with E-state index in [2.05, 4.69) is 20.3 Å². The minimum absolute atomic E-state index is 0.143. The Morgan fingerprint density at radius 2 is 1.88 bits per heavy atom. The minimum atomic E-state index is -0.478. The first-order valence-corrected chi connectivity index (χ1v) is 7.81. The fourth-order valence-corrected chi connectivity index (χ4v) is 2.80. The average Bonchev–Trinajstić information content (AvgIpc) is 3.25. The summed E-state index contributed by atoms with van der Waals surface area (Å²) in [4.78, 5) is 0. The number of hydrazone groups is 1. The highest BCUT2D eigenvalue weighted by Gasteiger charge is 2.21. The lowest BCUT2D eigenvalue weighted by atomic mass is 9.99. The van der Waals surface area contributed by atoms with Gasteiger partial charge in [0.15, 0.2) is 0 Å². The molecule has 0 bridgehead atoms. The van der Waals surface area contributed by atoms with Crippen LogP contribution in [0.5, 0.6) is 5.95 Å². The standard InChI is InChI=1S/C17H13ClN4O2/c18-13-5-1-11(2-6-13)15-9-16(20-19-15)12-3-7-14(8-4-12)22-10-17(23)24-21-22/h1-8,10,15H,9H2,(H-,19,21,23). The highest BCUT2D eigenvalue weighted by molar-refractivity contribution is 6.30. The molecule has 120 valence electrons. The second-order valence-electron chi connectivity index (χ2n) is 5.51. The van der Waals surface area contributed by atoms with Crippen molar-refractivity contribution in [2.24, 2.45) is 5.10 Å². The van der Waals surface area contributed by atoms with Crippen LogP contribution in [0.4, 0.5) is 0 Å². The Morgan fingerprint density at radius 3 is 2.54 bits per heavy atom. The summed E-state index contributed by atoms with van der Waals surface area (Å²) in [7, 11) is 0. The van der Waals surface area contributed by atoms with Gasteiger partial charge in [0.2, 0.25) is 11.9 Å². The smallest absolute Gasteiger partial charge is 0.239 e. The van der Waals surface area contributed by atoms with E-state index in [1.54, 1.807) is 0 Å². The number of nitrogens with one attached hydrogen (secondary N) is 1. The first kappa shape index (κ1) is 14.7. The molecule has 2 aromatic carbocycles. The summed E-state index contributed by atoms with van der Waals surface area (Å²) in [6, 6.07) is 15.6. The zero-order valence-electron chi connectivity index (χ0n) is 12.5. The monoisotopic (exact) mass is 340 g/mol. The summed E-state index contributed by atoms with van der Waals surface area (Å²) < 4.78 is 5.93. The van der Waals surface area contributed by atoms with E-state index < -0.39 is 5.95 Å². The molecule has 6 nitrogen and oxygen atoms in total. The SMILES string of the molecule is [O-]c1c[n+](-c2ccc(C3=NNC(c4ccc(Cl)cc4)C3)cc2)no1. The maximum Gasteiger partial charge on any atom is 0.239 e. The van der Waals surface area contributed by atoms with E-state index in [1.165, 1.54) is 10.9 Å². The van der Waals surface area contributed by atoms with Gasteiger partial charge in [-0.2, -0.15) is 5.10 Å². The molecule has 0 spiro atoms. The van der Waals surface area contributed by atoms with Crippen molar-refractivity contribution < 1.29 is 14.3 Å². The first-order valence-electron chi connectivity index (χ1n) is 7.43. The topological polar surface area (TPSA) is 77.4 Å². The molecule has 1 aromatic heterocycles. The van der Waals surface area contributed by atoms with Crippen LogP contribution < -0.4 is 15.2 Å². The van der Waals surface area contributed by atoms with Crippen LogP contribution in [0.3, 0.4) is 0 Å². The Morgan fingerprint density at radius 1 is 1.12 bits per heavy atom. The maximum absolute atomic E-state index is 11.0. The first-order chi connectivity index (χ1) is 11.7. The Labute approximate surface area is 143 Å². The Hall–Kier alpha value is -2.86. The number of aromatic nitrogens is 2. The van der Waals surface area contributed by atoms with Crippen molar-refractivity contribution >= 4 is 17.3 Å². The van der Waals surface area contributed by atoms with Crippen molar-refractivity contribution in [3.8, 4) is 11.6 Å². The van der Waals surface area contributed by atoms with Crippen LogP contribution in [-0.2, 0) is 0 Å². The summed E-state index contributed by atoms with van der Waals surface area (Å²) in [5.74, 6) is -0.478. The van der Waals surface area contributed by atoms with E-state index in [1.807, 2.05) is 48.5 Å². The summed E-state index contributed by atoms with van der Waals surface area (Å²) in [6.45, 7) is 0. The molecule has 4 rings (SSSR count). The van der Waals surface area contributed by atoms with Gasteiger partial charge in [-0.3, -0.25) is 0 Å². The molecule has 2 heterocycles. The van der Waals surface area contributed by atoms with Gasteiger partial charge in [0.1, 0.15) is 5.95 Å². The molecule has 24 heavy (non-hydrogen) atoms. The number of hydrogen-bond donors (Lipinski definition) is 1. The van der Waals surface area contributed by atoms with E-state index in [0.29, 0.717) is 0 Å². The van der Waals surface area contributed by atoms with Crippen molar-refractivity contribution in [1.82, 2.24) is 10.7 Å². The number of rotatable bonds is 3. The fourth-order valence-electron chi connectivity index (χ4n) is 2.67. The highest BCUT2D eigenvalue weighted by Crippen LogP contribution is 2.25. The summed E-state index contributed by atoms with van der Waals surface area (Å²) >= 11 is 5.93. The zero-order chi connectivity index (χ0) is 16.5. The van der Waals surface area contributed by atoms with Gasteiger partial charge in [0.05, 0.1) is 17.0 Å². The maximum atomic E-state index is 11.0. The number of hydrogen-bond acceptors (Lipinski definition) is 5. The molecule has 7 heteroatoms. The molecule has 3 aromatic rings. The van der Waals surface area contributed by atoms with E-state index in [-0.39, 0.29) is 6.04 Å². The second kappa shape index (κ2) is 5.98. The second-order valence-corrected chi connectivity index (χ2v) is 5.94. The molecule has 1 aliphatic heterocycles. The zero-order valence-corrected chi connectivity index (χ0v) is 13.3. The fraction of sp³-hybridized carbons (Fsp3) is 0.118. The molecule has 0 amide bonds.